The zero-order valence-corrected chi connectivity index (χ0v) is 17.2. The first-order valence-corrected chi connectivity index (χ1v) is 10.1. The van der Waals surface area contributed by atoms with Gasteiger partial charge in [-0.1, -0.05) is 35.0 Å². The van der Waals surface area contributed by atoms with Gasteiger partial charge in [0.2, 0.25) is 18.6 Å². The second-order valence-electron chi connectivity index (χ2n) is 6.92. The first-order valence-electron chi connectivity index (χ1n) is 9.23. The molecule has 7 nitrogen and oxygen atoms in total. The molecule has 1 aromatic heterocycles. The summed E-state index contributed by atoms with van der Waals surface area (Å²) in [5.41, 5.74) is 4.07. The normalized spacial score (nSPS) is 13.3. The van der Waals surface area contributed by atoms with Crippen LogP contribution in [0.5, 0.6) is 11.5 Å². The van der Waals surface area contributed by atoms with Crippen LogP contribution in [0.15, 0.2) is 46.0 Å². The van der Waals surface area contributed by atoms with Crippen LogP contribution in [-0.2, 0) is 11.3 Å². The number of nitrogens with zero attached hydrogens (tertiary/aromatic N) is 2. The van der Waals surface area contributed by atoms with Gasteiger partial charge in [0.05, 0.1) is 5.25 Å². The molecule has 0 saturated heterocycles. The Morgan fingerprint density at radius 2 is 1.86 bits per heavy atom. The highest BCUT2D eigenvalue weighted by atomic mass is 32.2. The Bertz CT molecular complexity index is 1030. The molecule has 2 heterocycles. The Hall–Kier alpha value is -3.00. The molecule has 0 aliphatic carbocycles. The smallest absolute Gasteiger partial charge is 0.277 e. The van der Waals surface area contributed by atoms with E-state index < -0.39 is 0 Å². The summed E-state index contributed by atoms with van der Waals surface area (Å²) in [5, 5.41) is 11.1. The van der Waals surface area contributed by atoms with Gasteiger partial charge in [-0.15, -0.1) is 10.2 Å². The minimum atomic E-state index is -0.378. The van der Waals surface area contributed by atoms with Crippen LogP contribution in [0.4, 0.5) is 0 Å². The van der Waals surface area contributed by atoms with Gasteiger partial charge in [-0.2, -0.15) is 0 Å². The third kappa shape index (κ3) is 4.54. The van der Waals surface area contributed by atoms with Gasteiger partial charge in [0.25, 0.3) is 5.22 Å². The summed E-state index contributed by atoms with van der Waals surface area (Å²) in [6.45, 7) is 6.48. The van der Waals surface area contributed by atoms with Gasteiger partial charge in [0.15, 0.2) is 11.5 Å². The molecule has 4 rings (SSSR count). The lowest BCUT2D eigenvalue weighted by Crippen LogP contribution is -2.30. The third-order valence-electron chi connectivity index (χ3n) is 4.43. The van der Waals surface area contributed by atoms with Crippen molar-refractivity contribution in [1.82, 2.24) is 15.5 Å². The van der Waals surface area contributed by atoms with Crippen LogP contribution < -0.4 is 14.8 Å². The Kier molecular flexibility index (Phi) is 5.44. The van der Waals surface area contributed by atoms with Crippen molar-refractivity contribution < 1.29 is 18.7 Å². The van der Waals surface area contributed by atoms with Crippen molar-refractivity contribution in [3.05, 3.63) is 53.1 Å². The van der Waals surface area contributed by atoms with Gasteiger partial charge >= 0.3 is 0 Å². The fourth-order valence-electron chi connectivity index (χ4n) is 3.06. The number of ether oxygens (including phenoxy) is 2. The monoisotopic (exact) mass is 411 g/mol. The molecule has 1 amide bonds. The molecule has 3 aromatic rings. The molecule has 1 atom stereocenters. The molecule has 29 heavy (non-hydrogen) atoms. The number of carbonyl (C=O) groups excluding carboxylic acids is 1. The van der Waals surface area contributed by atoms with Crippen LogP contribution >= 0.6 is 11.8 Å². The van der Waals surface area contributed by atoms with E-state index in [4.69, 9.17) is 13.9 Å². The zero-order valence-electron chi connectivity index (χ0n) is 16.4. The van der Waals surface area contributed by atoms with Crippen LogP contribution in [0.1, 0.15) is 23.6 Å². The highest BCUT2D eigenvalue weighted by Crippen LogP contribution is 2.32. The fourth-order valence-corrected chi connectivity index (χ4v) is 3.77. The molecule has 8 heteroatoms. The molecule has 0 spiro atoms. The summed E-state index contributed by atoms with van der Waals surface area (Å²) in [7, 11) is 0. The van der Waals surface area contributed by atoms with Crippen molar-refractivity contribution in [1.29, 1.82) is 0 Å². The fraction of sp³-hybridized carbons (Fsp3) is 0.286. The largest absolute Gasteiger partial charge is 0.454 e. The lowest BCUT2D eigenvalue weighted by Gasteiger charge is -2.10. The highest BCUT2D eigenvalue weighted by Gasteiger charge is 2.19. The maximum absolute atomic E-state index is 12.4. The average Bonchev–Trinajstić information content (AvgIpc) is 3.34. The van der Waals surface area contributed by atoms with E-state index in [0.29, 0.717) is 23.4 Å². The van der Waals surface area contributed by atoms with Crippen molar-refractivity contribution in [2.45, 2.75) is 37.8 Å². The predicted molar refractivity (Wildman–Crippen MR) is 109 cm³/mol. The van der Waals surface area contributed by atoms with Gasteiger partial charge in [-0.3, -0.25) is 4.79 Å². The number of fused-ring (bicyclic) bond motifs is 1. The first-order chi connectivity index (χ1) is 14.0. The van der Waals surface area contributed by atoms with E-state index in [1.165, 1.54) is 11.8 Å². The highest BCUT2D eigenvalue weighted by molar-refractivity contribution is 8.00. The van der Waals surface area contributed by atoms with E-state index in [1.807, 2.05) is 44.2 Å². The van der Waals surface area contributed by atoms with Crippen LogP contribution in [0.2, 0.25) is 0 Å². The van der Waals surface area contributed by atoms with Gasteiger partial charge < -0.3 is 19.2 Å². The molecular weight excluding hydrogens is 390 g/mol. The van der Waals surface area contributed by atoms with Crippen molar-refractivity contribution in [3.8, 4) is 23.0 Å². The number of thioether (sulfide) groups is 1. The maximum atomic E-state index is 12.4. The number of amides is 1. The molecule has 0 saturated carbocycles. The molecule has 1 N–H and O–H groups in total. The second-order valence-corrected chi connectivity index (χ2v) is 8.21. The number of carbonyl (C=O) groups is 1. The second kappa shape index (κ2) is 8.16. The Labute approximate surface area is 172 Å². The SMILES string of the molecule is Cc1cc(C)cc(-c2nnc(S[C@H](C)C(=O)NCc3ccc4c(c3)OCO4)o2)c1. The topological polar surface area (TPSA) is 86.5 Å². The van der Waals surface area contributed by atoms with Crippen LogP contribution in [0.3, 0.4) is 0 Å². The molecular formula is C21H21N3O4S. The van der Waals surface area contributed by atoms with E-state index in [-0.39, 0.29) is 18.0 Å². The van der Waals surface area contributed by atoms with Gasteiger partial charge in [0.1, 0.15) is 0 Å². The summed E-state index contributed by atoms with van der Waals surface area (Å²) in [6, 6.07) is 11.7. The number of rotatable bonds is 6. The third-order valence-corrected chi connectivity index (χ3v) is 5.36. The molecule has 0 unspecified atom stereocenters. The molecule has 0 radical (unpaired) electrons. The van der Waals surface area contributed by atoms with E-state index in [1.54, 1.807) is 6.92 Å². The lowest BCUT2D eigenvalue weighted by molar-refractivity contribution is -0.120. The lowest BCUT2D eigenvalue weighted by atomic mass is 10.1. The average molecular weight is 411 g/mol. The standard InChI is InChI=1S/C21H21N3O4S/c1-12-6-13(2)8-16(7-12)20-23-24-21(28-20)29-14(3)19(25)22-10-15-4-5-17-18(9-15)27-11-26-17/h4-9,14H,10-11H2,1-3H3,(H,22,25)/t14-/m1/s1. The summed E-state index contributed by atoms with van der Waals surface area (Å²) >= 11 is 1.23. The molecule has 0 fully saturated rings. The number of nitrogens with one attached hydrogen (secondary N) is 1. The van der Waals surface area contributed by atoms with Crippen LogP contribution in [0, 0.1) is 13.8 Å². The van der Waals surface area contributed by atoms with E-state index in [2.05, 4.69) is 21.6 Å². The van der Waals surface area contributed by atoms with Gasteiger partial charge in [-0.05, 0) is 50.6 Å². The van der Waals surface area contributed by atoms with Gasteiger partial charge in [-0.25, -0.2) is 0 Å². The first kappa shape index (κ1) is 19.3. The Morgan fingerprint density at radius 3 is 2.66 bits per heavy atom. The Morgan fingerprint density at radius 1 is 1.10 bits per heavy atom. The molecule has 1 aliphatic heterocycles. The maximum Gasteiger partial charge on any atom is 0.277 e. The zero-order chi connectivity index (χ0) is 20.4. The summed E-state index contributed by atoms with van der Waals surface area (Å²) in [5.74, 6) is 1.76. The number of hydrogen-bond acceptors (Lipinski definition) is 7. The van der Waals surface area contributed by atoms with E-state index >= 15 is 0 Å². The number of aryl methyl sites for hydroxylation is 2. The number of hydrogen-bond donors (Lipinski definition) is 1. The molecule has 0 bridgehead atoms. The van der Waals surface area contributed by atoms with Gasteiger partial charge in [0, 0.05) is 12.1 Å². The number of benzene rings is 2. The van der Waals surface area contributed by atoms with Crippen molar-refractivity contribution in [2.24, 2.45) is 0 Å². The molecule has 2 aromatic carbocycles. The predicted octanol–water partition coefficient (Wildman–Crippen LogP) is 3.88. The van der Waals surface area contributed by atoms with Crippen LogP contribution in [0.25, 0.3) is 11.5 Å². The summed E-state index contributed by atoms with van der Waals surface area (Å²) in [4.78, 5) is 12.4. The minimum Gasteiger partial charge on any atom is -0.454 e. The van der Waals surface area contributed by atoms with Crippen LogP contribution in [-0.4, -0.2) is 28.1 Å². The molecule has 1 aliphatic rings. The van der Waals surface area contributed by atoms with Crippen molar-refractivity contribution in [3.63, 3.8) is 0 Å². The van der Waals surface area contributed by atoms with E-state index in [0.717, 1.165) is 28.0 Å². The molecule has 150 valence electrons. The summed E-state index contributed by atoms with van der Waals surface area (Å²) in [6.07, 6.45) is 0. The summed E-state index contributed by atoms with van der Waals surface area (Å²) < 4.78 is 16.4. The quantitative estimate of drug-likeness (QED) is 0.616. The number of aromatic nitrogens is 2. The van der Waals surface area contributed by atoms with Crippen molar-refractivity contribution >= 4 is 17.7 Å². The van der Waals surface area contributed by atoms with Crippen molar-refractivity contribution in [2.75, 3.05) is 6.79 Å². The van der Waals surface area contributed by atoms with E-state index in [9.17, 15) is 4.79 Å². The minimum absolute atomic E-state index is 0.112. The Balaban J connectivity index is 1.34.